The number of carbonyl (C=O) groups is 1. The van der Waals surface area contributed by atoms with Crippen molar-refractivity contribution in [3.05, 3.63) is 34.1 Å². The van der Waals surface area contributed by atoms with E-state index in [0.717, 1.165) is 0 Å². The highest BCUT2D eigenvalue weighted by atomic mass is 16.3. The molecule has 7 heteroatoms. The first-order chi connectivity index (χ1) is 9.43. The highest BCUT2D eigenvalue weighted by Gasteiger charge is 2.15. The SMILES string of the molecule is CC(=O)c1c(O)c2cc(N=C(C)NN)ccc2[nH]c1=O. The Morgan fingerprint density at radius 3 is 2.70 bits per heavy atom. The summed E-state index contributed by atoms with van der Waals surface area (Å²) in [5.74, 6) is 4.87. The van der Waals surface area contributed by atoms with Gasteiger partial charge in [0.25, 0.3) is 5.56 Å². The number of nitrogens with two attached hydrogens (primary N) is 1. The molecule has 0 fully saturated rings. The van der Waals surface area contributed by atoms with Gasteiger partial charge in [0.15, 0.2) is 5.78 Å². The fourth-order valence-corrected chi connectivity index (χ4v) is 1.89. The second-order valence-electron chi connectivity index (χ2n) is 4.31. The van der Waals surface area contributed by atoms with E-state index in [-0.39, 0.29) is 11.3 Å². The molecular weight excluding hydrogens is 260 g/mol. The molecule has 0 spiro atoms. The van der Waals surface area contributed by atoms with Gasteiger partial charge in [-0.25, -0.2) is 10.8 Å². The fourth-order valence-electron chi connectivity index (χ4n) is 1.89. The number of rotatable bonds is 2. The summed E-state index contributed by atoms with van der Waals surface area (Å²) < 4.78 is 0. The maximum atomic E-state index is 11.7. The normalized spacial score (nSPS) is 11.7. The molecule has 0 atom stereocenters. The van der Waals surface area contributed by atoms with Crippen LogP contribution in [0.4, 0.5) is 5.69 Å². The largest absolute Gasteiger partial charge is 0.506 e. The summed E-state index contributed by atoms with van der Waals surface area (Å²) in [4.78, 5) is 29.8. The number of benzene rings is 1. The van der Waals surface area contributed by atoms with Crippen molar-refractivity contribution in [1.82, 2.24) is 10.4 Å². The number of Topliss-reactive ketones (excluding diaryl/α,β-unsaturated/α-hetero) is 1. The van der Waals surface area contributed by atoms with Gasteiger partial charge in [-0.15, -0.1) is 0 Å². The van der Waals surface area contributed by atoms with Gasteiger partial charge in [-0.1, -0.05) is 0 Å². The highest BCUT2D eigenvalue weighted by molar-refractivity contribution is 6.02. The summed E-state index contributed by atoms with van der Waals surface area (Å²) in [7, 11) is 0. The smallest absolute Gasteiger partial charge is 0.263 e. The number of pyridine rings is 1. The van der Waals surface area contributed by atoms with E-state index in [4.69, 9.17) is 5.84 Å². The van der Waals surface area contributed by atoms with E-state index in [1.807, 2.05) is 0 Å². The van der Waals surface area contributed by atoms with Gasteiger partial charge in [-0.05, 0) is 32.0 Å². The van der Waals surface area contributed by atoms with Gasteiger partial charge >= 0.3 is 0 Å². The van der Waals surface area contributed by atoms with E-state index in [1.54, 1.807) is 25.1 Å². The number of carbonyl (C=O) groups excluding carboxylic acids is 1. The molecule has 0 radical (unpaired) electrons. The molecule has 2 aromatic rings. The predicted molar refractivity (Wildman–Crippen MR) is 76.3 cm³/mol. The molecule has 0 amide bonds. The molecule has 0 saturated carbocycles. The van der Waals surface area contributed by atoms with Crippen molar-refractivity contribution < 1.29 is 9.90 Å². The first-order valence-electron chi connectivity index (χ1n) is 5.86. The van der Waals surface area contributed by atoms with Crippen molar-refractivity contribution in [3.63, 3.8) is 0 Å². The number of aromatic nitrogens is 1. The Hall–Kier alpha value is -2.67. The number of nitrogens with zero attached hydrogens (tertiary/aromatic N) is 1. The van der Waals surface area contributed by atoms with E-state index < -0.39 is 11.3 Å². The van der Waals surface area contributed by atoms with Crippen molar-refractivity contribution >= 4 is 28.2 Å². The lowest BCUT2D eigenvalue weighted by molar-refractivity contribution is 0.101. The number of aromatic hydroxyl groups is 1. The van der Waals surface area contributed by atoms with E-state index in [0.29, 0.717) is 22.4 Å². The lowest BCUT2D eigenvalue weighted by Gasteiger charge is -2.06. The van der Waals surface area contributed by atoms with E-state index in [9.17, 15) is 14.7 Å². The van der Waals surface area contributed by atoms with Crippen LogP contribution in [0.2, 0.25) is 0 Å². The molecule has 1 aromatic carbocycles. The Balaban J connectivity index is 2.74. The summed E-state index contributed by atoms with van der Waals surface area (Å²) in [6.45, 7) is 2.90. The third-order valence-electron chi connectivity index (χ3n) is 2.83. The minimum absolute atomic E-state index is 0.257. The van der Waals surface area contributed by atoms with Gasteiger partial charge in [0.05, 0.1) is 11.2 Å². The van der Waals surface area contributed by atoms with Crippen molar-refractivity contribution in [3.8, 4) is 5.75 Å². The highest BCUT2D eigenvalue weighted by Crippen LogP contribution is 2.28. The van der Waals surface area contributed by atoms with Crippen LogP contribution in [-0.4, -0.2) is 21.7 Å². The van der Waals surface area contributed by atoms with Gasteiger partial charge in [0.1, 0.15) is 17.1 Å². The molecule has 1 aromatic heterocycles. The number of hydrazine groups is 1. The zero-order chi connectivity index (χ0) is 14.9. The van der Waals surface area contributed by atoms with Crippen LogP contribution in [-0.2, 0) is 0 Å². The van der Waals surface area contributed by atoms with Crippen molar-refractivity contribution in [2.75, 3.05) is 0 Å². The maximum Gasteiger partial charge on any atom is 0.263 e. The topological polar surface area (TPSA) is 121 Å². The average Bonchev–Trinajstić information content (AvgIpc) is 2.39. The fraction of sp³-hybridized carbons (Fsp3) is 0.154. The molecule has 0 unspecified atom stereocenters. The second-order valence-corrected chi connectivity index (χ2v) is 4.31. The number of hydrogen-bond donors (Lipinski definition) is 4. The summed E-state index contributed by atoms with van der Waals surface area (Å²) in [6, 6.07) is 4.82. The lowest BCUT2D eigenvalue weighted by Crippen LogP contribution is -2.27. The Bertz CT molecular complexity index is 777. The van der Waals surface area contributed by atoms with Gasteiger partial charge in [0.2, 0.25) is 0 Å². The number of aliphatic imine (C=N–C) groups is 1. The Morgan fingerprint density at radius 1 is 1.40 bits per heavy atom. The first kappa shape index (κ1) is 13.8. The zero-order valence-corrected chi connectivity index (χ0v) is 11.0. The molecule has 0 saturated heterocycles. The molecule has 2 rings (SSSR count). The molecule has 0 aliphatic rings. The lowest BCUT2D eigenvalue weighted by atomic mass is 10.1. The average molecular weight is 274 g/mol. The Labute approximate surface area is 114 Å². The van der Waals surface area contributed by atoms with Gasteiger partial charge in [-0.3, -0.25) is 9.59 Å². The quantitative estimate of drug-likeness (QED) is 0.213. The van der Waals surface area contributed by atoms with Crippen LogP contribution in [0.15, 0.2) is 28.0 Å². The predicted octanol–water partition coefficient (Wildman–Crippen LogP) is 0.950. The second kappa shape index (κ2) is 5.14. The molecule has 0 aliphatic heterocycles. The molecule has 0 aliphatic carbocycles. The molecule has 0 bridgehead atoms. The van der Waals surface area contributed by atoms with Crippen LogP contribution in [0.1, 0.15) is 24.2 Å². The molecule has 7 nitrogen and oxygen atoms in total. The molecule has 1 heterocycles. The number of hydrogen-bond acceptors (Lipinski definition) is 5. The van der Waals surface area contributed by atoms with Crippen LogP contribution in [0.5, 0.6) is 5.75 Å². The number of amidine groups is 1. The number of H-pyrrole nitrogens is 1. The third-order valence-corrected chi connectivity index (χ3v) is 2.83. The summed E-state index contributed by atoms with van der Waals surface area (Å²) in [5.41, 5.74) is 2.48. The minimum Gasteiger partial charge on any atom is -0.506 e. The van der Waals surface area contributed by atoms with E-state index >= 15 is 0 Å². The van der Waals surface area contributed by atoms with E-state index in [2.05, 4.69) is 15.4 Å². The van der Waals surface area contributed by atoms with Gasteiger partial charge in [-0.2, -0.15) is 0 Å². The van der Waals surface area contributed by atoms with Gasteiger partial charge < -0.3 is 15.5 Å². The third kappa shape index (κ3) is 2.39. The minimum atomic E-state index is -0.612. The Kier molecular flexibility index (Phi) is 3.53. The summed E-state index contributed by atoms with van der Waals surface area (Å²) in [5, 5.41) is 10.4. The van der Waals surface area contributed by atoms with Gasteiger partial charge in [0, 0.05) is 5.39 Å². The Morgan fingerprint density at radius 2 is 2.10 bits per heavy atom. The van der Waals surface area contributed by atoms with Crippen LogP contribution in [0, 0.1) is 0 Å². The zero-order valence-electron chi connectivity index (χ0n) is 11.0. The van der Waals surface area contributed by atoms with Crippen LogP contribution in [0.3, 0.4) is 0 Å². The summed E-state index contributed by atoms with van der Waals surface area (Å²) >= 11 is 0. The molecule has 104 valence electrons. The standard InChI is InChI=1S/C13H14N4O3/c1-6(18)11-12(19)9-5-8(15-7(2)17-14)3-4-10(9)16-13(11)20/h3-5H,14H2,1-2H3,(H,15,17)(H2,16,19,20). The molecular formula is C13H14N4O3. The number of nitrogens with one attached hydrogen (secondary N) is 2. The summed E-state index contributed by atoms with van der Waals surface area (Å²) in [6.07, 6.45) is 0. The van der Waals surface area contributed by atoms with Crippen molar-refractivity contribution in [1.29, 1.82) is 0 Å². The number of aromatic amines is 1. The van der Waals surface area contributed by atoms with Crippen LogP contribution < -0.4 is 16.8 Å². The molecule has 5 N–H and O–H groups in total. The van der Waals surface area contributed by atoms with Crippen LogP contribution >= 0.6 is 0 Å². The first-order valence-corrected chi connectivity index (χ1v) is 5.86. The molecule has 20 heavy (non-hydrogen) atoms. The maximum absolute atomic E-state index is 11.7. The van der Waals surface area contributed by atoms with Crippen molar-refractivity contribution in [2.24, 2.45) is 10.8 Å². The number of fused-ring (bicyclic) bond motifs is 1. The van der Waals surface area contributed by atoms with E-state index in [1.165, 1.54) is 6.92 Å². The van der Waals surface area contributed by atoms with Crippen LogP contribution in [0.25, 0.3) is 10.9 Å². The van der Waals surface area contributed by atoms with Crippen molar-refractivity contribution in [2.45, 2.75) is 13.8 Å². The number of ketones is 1. The monoisotopic (exact) mass is 274 g/mol.